The van der Waals surface area contributed by atoms with Gasteiger partial charge in [-0.15, -0.1) is 0 Å². The first-order valence-electron chi connectivity index (χ1n) is 24.2. The third kappa shape index (κ3) is 10.3. The van der Waals surface area contributed by atoms with Crippen LogP contribution in [0.2, 0.25) is 0 Å². The van der Waals surface area contributed by atoms with Crippen molar-refractivity contribution in [2.24, 2.45) is 22.3 Å². The Hall–Kier alpha value is -8.18. The van der Waals surface area contributed by atoms with Crippen LogP contribution in [0.5, 0.6) is 23.0 Å². The lowest BCUT2D eigenvalue weighted by Crippen LogP contribution is -2.56. The highest BCUT2D eigenvalue weighted by molar-refractivity contribution is 6.04. The van der Waals surface area contributed by atoms with E-state index in [9.17, 15) is 19.2 Å². The van der Waals surface area contributed by atoms with E-state index in [1.807, 2.05) is 139 Å². The average Bonchev–Trinajstić information content (AvgIpc) is 4.04. The fourth-order valence-electron chi connectivity index (χ4n) is 10.8. The molecular weight excluding hydrogens is 911 g/mol. The van der Waals surface area contributed by atoms with Crippen LogP contribution in [0.3, 0.4) is 0 Å². The number of para-hydroxylation sites is 2. The maximum atomic E-state index is 12.6. The molecule has 1 aliphatic heterocycles. The molecule has 2 aromatic heterocycles. The van der Waals surface area contributed by atoms with Gasteiger partial charge in [-0.05, 0) is 149 Å². The molecule has 4 aliphatic rings. The number of rotatable bonds is 15. The van der Waals surface area contributed by atoms with Gasteiger partial charge in [0.15, 0.2) is 0 Å². The van der Waals surface area contributed by atoms with Crippen LogP contribution in [0.15, 0.2) is 134 Å². The van der Waals surface area contributed by atoms with E-state index >= 15 is 0 Å². The molecule has 9 N–H and O–H groups in total. The van der Waals surface area contributed by atoms with E-state index in [0.29, 0.717) is 28.7 Å². The minimum atomic E-state index is -0.607. The van der Waals surface area contributed by atoms with Gasteiger partial charge < -0.3 is 47.5 Å². The van der Waals surface area contributed by atoms with Gasteiger partial charge in [-0.2, -0.15) is 10.2 Å². The Bertz CT molecular complexity index is 2980. The van der Waals surface area contributed by atoms with Crippen LogP contribution in [0.25, 0.3) is 22.5 Å². The molecule has 1 saturated heterocycles. The van der Waals surface area contributed by atoms with E-state index in [1.165, 1.54) is 6.08 Å². The number of nitrogens with one attached hydrogen (secondary N) is 1. The number of likely N-dealkylation sites (tertiary alicyclic amines) is 1. The van der Waals surface area contributed by atoms with E-state index in [2.05, 4.69) is 11.9 Å². The third-order valence-corrected chi connectivity index (χ3v) is 14.3. The summed E-state index contributed by atoms with van der Waals surface area (Å²) in [6, 6.07) is 34.1. The van der Waals surface area contributed by atoms with Crippen molar-refractivity contribution < 1.29 is 28.7 Å². The summed E-state index contributed by atoms with van der Waals surface area (Å²) in [7, 11) is 3.94. The number of aromatic nitrogens is 4. The second-order valence-electron chi connectivity index (χ2n) is 19.8. The van der Waals surface area contributed by atoms with Crippen molar-refractivity contribution in [2.75, 3.05) is 45.2 Å². The topological polar surface area (TPSA) is 245 Å². The second-order valence-corrected chi connectivity index (χ2v) is 19.8. The molecule has 6 aromatic rings. The predicted octanol–water partition coefficient (Wildman–Crippen LogP) is 7.50. The highest BCUT2D eigenvalue weighted by Crippen LogP contribution is 2.61. The normalized spacial score (nSPS) is 21.8. The number of benzene rings is 4. The molecular formula is C55H61N11O6. The summed E-state index contributed by atoms with van der Waals surface area (Å²) >= 11 is 0. The molecule has 0 radical (unpaired) electrons. The van der Waals surface area contributed by atoms with E-state index in [0.717, 1.165) is 87.2 Å². The van der Waals surface area contributed by atoms with Crippen molar-refractivity contribution in [3.63, 3.8) is 0 Å². The van der Waals surface area contributed by atoms with Gasteiger partial charge in [0.05, 0.1) is 12.1 Å². The van der Waals surface area contributed by atoms with Gasteiger partial charge in [-0.25, -0.2) is 9.36 Å². The van der Waals surface area contributed by atoms with Crippen LogP contribution in [-0.4, -0.2) is 92.8 Å². The highest BCUT2D eigenvalue weighted by atomic mass is 16.5. The van der Waals surface area contributed by atoms with E-state index in [1.54, 1.807) is 15.4 Å². The number of likely N-dealkylation sites (N-methyl/N-ethyl adjacent to an activating group) is 1. The number of carbonyl (C=O) groups excluding carboxylic acids is 4. The minimum Gasteiger partial charge on any atom is -0.457 e. The maximum absolute atomic E-state index is 12.6. The lowest BCUT2D eigenvalue weighted by Gasteiger charge is -2.57. The van der Waals surface area contributed by atoms with Gasteiger partial charge in [0.2, 0.25) is 11.8 Å². The van der Waals surface area contributed by atoms with Gasteiger partial charge in [0.25, 0.3) is 11.8 Å². The molecule has 4 fully saturated rings. The van der Waals surface area contributed by atoms with Gasteiger partial charge in [0.1, 0.15) is 57.1 Å². The molecule has 3 aliphatic carbocycles. The van der Waals surface area contributed by atoms with Crippen molar-refractivity contribution in [3.8, 4) is 45.5 Å². The van der Waals surface area contributed by atoms with Gasteiger partial charge in [-0.1, -0.05) is 49.1 Å². The van der Waals surface area contributed by atoms with E-state index in [-0.39, 0.29) is 57.7 Å². The lowest BCUT2D eigenvalue weighted by molar-refractivity contribution is -0.126. The van der Waals surface area contributed by atoms with Crippen LogP contribution < -0.4 is 37.7 Å². The number of nitrogens with zero attached hydrogens (tertiary/aromatic N) is 6. The molecule has 0 bridgehead atoms. The Morgan fingerprint density at radius 3 is 1.56 bits per heavy atom. The lowest BCUT2D eigenvalue weighted by atomic mass is 9.52. The molecule has 17 nitrogen and oxygen atoms in total. The Kier molecular flexibility index (Phi) is 13.7. The van der Waals surface area contributed by atoms with Crippen molar-refractivity contribution in [1.82, 2.24) is 34.7 Å². The molecule has 4 amide bonds. The summed E-state index contributed by atoms with van der Waals surface area (Å²) in [4.78, 5) is 52.7. The number of hydrogen-bond donors (Lipinski definition) is 5. The smallest absolute Gasteiger partial charge is 0.254 e. The first-order chi connectivity index (χ1) is 34.6. The van der Waals surface area contributed by atoms with Crippen LogP contribution in [-0.2, 0) is 9.59 Å². The number of anilines is 2. The number of amides is 4. The summed E-state index contributed by atoms with van der Waals surface area (Å²) in [5.41, 5.74) is 27.3. The molecule has 0 unspecified atom stereocenters. The van der Waals surface area contributed by atoms with Crippen LogP contribution in [0, 0.1) is 10.8 Å². The number of ether oxygens (including phenoxy) is 2. The molecule has 17 heteroatoms. The van der Waals surface area contributed by atoms with Crippen molar-refractivity contribution in [1.29, 1.82) is 0 Å². The highest BCUT2D eigenvalue weighted by Gasteiger charge is 2.55. The Balaban J connectivity index is 0.000000179. The van der Waals surface area contributed by atoms with Gasteiger partial charge in [-0.3, -0.25) is 19.2 Å². The average molecular weight is 972 g/mol. The summed E-state index contributed by atoms with van der Waals surface area (Å²) in [6.07, 6.45) is 11.2. The molecule has 10 rings (SSSR count). The van der Waals surface area contributed by atoms with E-state index < -0.39 is 11.8 Å². The molecule has 0 atom stereocenters. The third-order valence-electron chi connectivity index (χ3n) is 14.3. The quantitative estimate of drug-likeness (QED) is 0.0631. The number of nitrogen functional groups attached to an aromatic ring is 2. The summed E-state index contributed by atoms with van der Waals surface area (Å²) in [6.45, 7) is 5.71. The fourth-order valence-corrected chi connectivity index (χ4v) is 10.8. The maximum Gasteiger partial charge on any atom is 0.254 e. The largest absolute Gasteiger partial charge is 0.457 e. The van der Waals surface area contributed by atoms with Crippen LogP contribution in [0.1, 0.15) is 77.7 Å². The minimum absolute atomic E-state index is 0.0573. The summed E-state index contributed by atoms with van der Waals surface area (Å²) in [5.74, 6) is 2.12. The Labute approximate surface area is 418 Å². The number of hydrogen-bond acceptors (Lipinski definition) is 11. The zero-order chi connectivity index (χ0) is 50.7. The zero-order valence-corrected chi connectivity index (χ0v) is 40.6. The Morgan fingerprint density at radius 1 is 0.681 bits per heavy atom. The number of nitrogens with two attached hydrogens (primary N) is 4. The van der Waals surface area contributed by atoms with Gasteiger partial charge >= 0.3 is 0 Å². The van der Waals surface area contributed by atoms with Crippen molar-refractivity contribution in [3.05, 3.63) is 145 Å². The van der Waals surface area contributed by atoms with Gasteiger partial charge in [0, 0.05) is 42.9 Å². The number of carbonyl (C=O) groups is 4. The molecule has 2 spiro atoms. The Morgan fingerprint density at radius 2 is 1.12 bits per heavy atom. The molecule has 72 heavy (non-hydrogen) atoms. The molecule has 3 heterocycles. The first-order valence-corrected chi connectivity index (χ1v) is 24.2. The molecule has 372 valence electrons. The predicted molar refractivity (Wildman–Crippen MR) is 276 cm³/mol. The number of primary amides is 2. The van der Waals surface area contributed by atoms with Crippen molar-refractivity contribution in [2.45, 2.75) is 63.1 Å². The van der Waals surface area contributed by atoms with E-state index in [4.69, 9.17) is 42.6 Å². The second kappa shape index (κ2) is 20.3. The standard InChI is InChI=1S/C29H34N6O3.C26H27N5O3/c1-33(2)15-6-9-24(36)34-16-14-29(19-34)17-21(18-29)35-27(30)25(28(31)37)26(32-35)20-10-12-23(13-11-20)38-22-7-4-3-5-8-22;1-2-21(32)29-17-12-26(13-17)14-18(15-26)31-24(27)22(25(28)33)23(30-31)16-8-10-20(11-9-16)34-19-6-4-3-5-7-19/h3-13,21H,14-19,30H2,1-2H3,(H2,31,37);2-11,17-18H,1,12-15,27H2,(H2,28,33)(H,29,32)/b9-6+;. The van der Waals surface area contributed by atoms with Crippen LogP contribution >= 0.6 is 0 Å². The van der Waals surface area contributed by atoms with Crippen molar-refractivity contribution >= 4 is 35.3 Å². The monoisotopic (exact) mass is 971 g/mol. The fraction of sp³-hybridized carbons (Fsp3) is 0.309. The SMILES string of the molecule is C=CC(=O)NC1CC2(C1)CC(n1nc(-c3ccc(Oc4ccccc4)cc3)c(C(N)=O)c1N)C2.CN(C)C/C=C/C(=O)N1CCC2(CC(n3nc(-c4ccc(Oc5ccccc5)cc4)c(C(N)=O)c3N)C2)C1. The van der Waals surface area contributed by atoms with Crippen LogP contribution in [0.4, 0.5) is 11.6 Å². The first kappa shape index (κ1) is 48.8. The molecule has 3 saturated carbocycles. The summed E-state index contributed by atoms with van der Waals surface area (Å²) < 4.78 is 15.2. The molecule has 4 aromatic carbocycles. The summed E-state index contributed by atoms with van der Waals surface area (Å²) in [5, 5.41) is 12.4. The zero-order valence-electron chi connectivity index (χ0n) is 40.6.